The van der Waals surface area contributed by atoms with Crippen LogP contribution >= 0.6 is 0 Å². The summed E-state index contributed by atoms with van der Waals surface area (Å²) in [5.74, 6) is 0.228. The second-order valence-electron chi connectivity index (χ2n) is 5.73. The number of nitrogens with zero attached hydrogens (tertiary/aromatic N) is 2. The molecule has 1 atom stereocenters. The SMILES string of the molecule is CCC1=NN(C(=O)c2cccc(OC)c2)[C@@](O)(c2ccccc2)C1. The Balaban J connectivity index is 2.01. The van der Waals surface area contributed by atoms with Crippen LogP contribution in [-0.4, -0.2) is 28.8 Å². The normalized spacial score (nSPS) is 20.0. The number of hydrogen-bond donors (Lipinski definition) is 1. The van der Waals surface area contributed by atoms with Crippen molar-refractivity contribution in [2.24, 2.45) is 5.10 Å². The Morgan fingerprint density at radius 3 is 2.67 bits per heavy atom. The van der Waals surface area contributed by atoms with Gasteiger partial charge in [0.25, 0.3) is 5.91 Å². The van der Waals surface area contributed by atoms with Crippen molar-refractivity contribution in [2.45, 2.75) is 25.5 Å². The van der Waals surface area contributed by atoms with Crippen molar-refractivity contribution in [3.8, 4) is 5.75 Å². The zero-order chi connectivity index (χ0) is 17.2. The second-order valence-corrected chi connectivity index (χ2v) is 5.73. The Bertz CT molecular complexity index is 773. The van der Waals surface area contributed by atoms with Crippen LogP contribution in [0.1, 0.15) is 35.7 Å². The quantitative estimate of drug-likeness (QED) is 0.940. The zero-order valence-electron chi connectivity index (χ0n) is 13.8. The van der Waals surface area contributed by atoms with E-state index >= 15 is 0 Å². The van der Waals surface area contributed by atoms with Crippen LogP contribution in [0.4, 0.5) is 0 Å². The molecule has 0 bridgehead atoms. The van der Waals surface area contributed by atoms with Gasteiger partial charge < -0.3 is 9.84 Å². The molecule has 1 aliphatic rings. The molecule has 0 aromatic heterocycles. The van der Waals surface area contributed by atoms with E-state index in [-0.39, 0.29) is 5.91 Å². The zero-order valence-corrected chi connectivity index (χ0v) is 13.8. The van der Waals surface area contributed by atoms with Crippen molar-refractivity contribution in [3.63, 3.8) is 0 Å². The maximum Gasteiger partial charge on any atom is 0.277 e. The van der Waals surface area contributed by atoms with Gasteiger partial charge in [0.15, 0.2) is 5.72 Å². The van der Waals surface area contributed by atoms with E-state index in [1.54, 1.807) is 43.5 Å². The smallest absolute Gasteiger partial charge is 0.277 e. The van der Waals surface area contributed by atoms with E-state index < -0.39 is 5.72 Å². The standard InChI is InChI=1S/C19H20N2O3/c1-3-16-13-19(23,15-9-5-4-6-10-15)21(20-16)18(22)14-8-7-11-17(12-14)24-2/h4-12,23H,3,13H2,1-2H3/t19-/m0/s1. The topological polar surface area (TPSA) is 62.1 Å². The van der Waals surface area contributed by atoms with E-state index in [0.29, 0.717) is 29.7 Å². The first-order chi connectivity index (χ1) is 11.6. The summed E-state index contributed by atoms with van der Waals surface area (Å²) >= 11 is 0. The van der Waals surface area contributed by atoms with Gasteiger partial charge in [-0.05, 0) is 24.6 Å². The summed E-state index contributed by atoms with van der Waals surface area (Å²) in [5.41, 5.74) is 0.392. The Hall–Kier alpha value is -2.66. The lowest BCUT2D eigenvalue weighted by molar-refractivity contribution is -0.0765. The maximum absolute atomic E-state index is 13.0. The Kier molecular flexibility index (Phi) is 4.36. The summed E-state index contributed by atoms with van der Waals surface area (Å²) in [6.07, 6.45) is 0.986. The first kappa shape index (κ1) is 16.2. The first-order valence-corrected chi connectivity index (χ1v) is 7.91. The highest BCUT2D eigenvalue weighted by molar-refractivity contribution is 5.98. The minimum absolute atomic E-state index is 0.309. The summed E-state index contributed by atoms with van der Waals surface area (Å²) < 4.78 is 5.18. The number of benzene rings is 2. The Morgan fingerprint density at radius 2 is 2.00 bits per heavy atom. The third kappa shape index (κ3) is 2.78. The molecular formula is C19H20N2O3. The van der Waals surface area contributed by atoms with Crippen LogP contribution < -0.4 is 4.74 Å². The van der Waals surface area contributed by atoms with Gasteiger partial charge in [0, 0.05) is 23.3 Å². The third-order valence-electron chi connectivity index (χ3n) is 4.20. The number of hydrogen-bond acceptors (Lipinski definition) is 4. The number of methoxy groups -OCH3 is 1. The fourth-order valence-corrected chi connectivity index (χ4v) is 2.84. The van der Waals surface area contributed by atoms with Crippen molar-refractivity contribution < 1.29 is 14.6 Å². The number of ether oxygens (including phenoxy) is 1. The molecule has 1 N–H and O–H groups in total. The molecule has 5 heteroatoms. The fourth-order valence-electron chi connectivity index (χ4n) is 2.84. The van der Waals surface area contributed by atoms with Gasteiger partial charge in [-0.3, -0.25) is 4.79 Å². The molecule has 124 valence electrons. The van der Waals surface area contributed by atoms with Crippen molar-refractivity contribution in [3.05, 3.63) is 65.7 Å². The molecule has 0 saturated heterocycles. The van der Waals surface area contributed by atoms with Crippen LogP contribution in [0, 0.1) is 0 Å². The highest BCUT2D eigenvalue weighted by atomic mass is 16.5. The van der Waals surface area contributed by atoms with E-state index in [2.05, 4.69) is 5.10 Å². The molecule has 24 heavy (non-hydrogen) atoms. The molecule has 1 heterocycles. The number of rotatable bonds is 4. The van der Waals surface area contributed by atoms with Crippen molar-refractivity contribution in [2.75, 3.05) is 7.11 Å². The summed E-state index contributed by atoms with van der Waals surface area (Å²) in [6, 6.07) is 16.0. The van der Waals surface area contributed by atoms with Crippen LogP contribution in [0.15, 0.2) is 59.7 Å². The average Bonchev–Trinajstić information content (AvgIpc) is 3.00. The first-order valence-electron chi connectivity index (χ1n) is 7.91. The molecule has 0 radical (unpaired) electrons. The van der Waals surface area contributed by atoms with Crippen LogP contribution in [0.2, 0.25) is 0 Å². The number of amides is 1. The third-order valence-corrected chi connectivity index (χ3v) is 4.20. The van der Waals surface area contributed by atoms with Gasteiger partial charge in [0.1, 0.15) is 5.75 Å². The average molecular weight is 324 g/mol. The highest BCUT2D eigenvalue weighted by Crippen LogP contribution is 2.37. The van der Waals surface area contributed by atoms with Crippen LogP contribution in [-0.2, 0) is 5.72 Å². The lowest BCUT2D eigenvalue weighted by atomic mass is 9.96. The number of carbonyl (C=O) groups is 1. The largest absolute Gasteiger partial charge is 0.497 e. The number of carbonyl (C=O) groups excluding carboxylic acids is 1. The number of hydrazone groups is 1. The predicted octanol–water partition coefficient (Wildman–Crippen LogP) is 3.15. The van der Waals surface area contributed by atoms with Gasteiger partial charge in [-0.1, -0.05) is 43.3 Å². The van der Waals surface area contributed by atoms with Crippen LogP contribution in [0.25, 0.3) is 0 Å². The van der Waals surface area contributed by atoms with E-state index in [9.17, 15) is 9.90 Å². The monoisotopic (exact) mass is 324 g/mol. The molecule has 0 saturated carbocycles. The van der Waals surface area contributed by atoms with Crippen molar-refractivity contribution in [1.82, 2.24) is 5.01 Å². The Morgan fingerprint density at radius 1 is 1.25 bits per heavy atom. The summed E-state index contributed by atoms with van der Waals surface area (Å²) in [7, 11) is 1.55. The number of aliphatic hydroxyl groups is 1. The molecule has 1 amide bonds. The predicted molar refractivity (Wildman–Crippen MR) is 91.8 cm³/mol. The molecule has 5 nitrogen and oxygen atoms in total. The fraction of sp³-hybridized carbons (Fsp3) is 0.263. The molecule has 0 unspecified atom stereocenters. The van der Waals surface area contributed by atoms with Crippen molar-refractivity contribution >= 4 is 11.6 Å². The second kappa shape index (κ2) is 6.45. The molecule has 0 aliphatic carbocycles. The lowest BCUT2D eigenvalue weighted by Crippen LogP contribution is -2.43. The van der Waals surface area contributed by atoms with Gasteiger partial charge in [-0.25, -0.2) is 0 Å². The van der Waals surface area contributed by atoms with E-state index in [4.69, 9.17) is 4.74 Å². The molecule has 1 aliphatic heterocycles. The minimum atomic E-state index is -1.47. The molecule has 3 rings (SSSR count). The minimum Gasteiger partial charge on any atom is -0.497 e. The maximum atomic E-state index is 13.0. The summed E-state index contributed by atoms with van der Waals surface area (Å²) in [5, 5.41) is 16.8. The van der Waals surface area contributed by atoms with Gasteiger partial charge >= 0.3 is 0 Å². The van der Waals surface area contributed by atoms with Gasteiger partial charge in [0.05, 0.1) is 7.11 Å². The van der Waals surface area contributed by atoms with Crippen molar-refractivity contribution in [1.29, 1.82) is 0 Å². The molecule has 0 fully saturated rings. The molecule has 2 aromatic rings. The highest BCUT2D eigenvalue weighted by Gasteiger charge is 2.45. The van der Waals surface area contributed by atoms with Crippen LogP contribution in [0.5, 0.6) is 5.75 Å². The van der Waals surface area contributed by atoms with Gasteiger partial charge in [-0.2, -0.15) is 10.1 Å². The van der Waals surface area contributed by atoms with Gasteiger partial charge in [-0.15, -0.1) is 0 Å². The lowest BCUT2D eigenvalue weighted by Gasteiger charge is -2.31. The van der Waals surface area contributed by atoms with E-state index in [1.165, 1.54) is 5.01 Å². The molecular weight excluding hydrogens is 304 g/mol. The van der Waals surface area contributed by atoms with E-state index in [1.807, 2.05) is 25.1 Å². The van der Waals surface area contributed by atoms with E-state index in [0.717, 1.165) is 5.71 Å². The molecule has 2 aromatic carbocycles. The molecule has 0 spiro atoms. The van der Waals surface area contributed by atoms with Gasteiger partial charge in [0.2, 0.25) is 0 Å². The Labute approximate surface area is 141 Å². The van der Waals surface area contributed by atoms with Crippen LogP contribution in [0.3, 0.4) is 0 Å². The summed E-state index contributed by atoms with van der Waals surface area (Å²) in [6.45, 7) is 1.96. The summed E-state index contributed by atoms with van der Waals surface area (Å²) in [4.78, 5) is 13.0.